The van der Waals surface area contributed by atoms with Gasteiger partial charge in [-0.05, 0) is 45.8 Å². The van der Waals surface area contributed by atoms with Gasteiger partial charge < -0.3 is 9.64 Å². The number of hydrogen-bond acceptors (Lipinski definition) is 2. The minimum absolute atomic E-state index is 0.207. The first-order valence-electron chi connectivity index (χ1n) is 11.6. The topological polar surface area (TPSA) is 12.5 Å². The summed E-state index contributed by atoms with van der Waals surface area (Å²) < 4.78 is 6.51. The summed E-state index contributed by atoms with van der Waals surface area (Å²) in [5.74, 6) is 1.55. The fourth-order valence-corrected chi connectivity index (χ4v) is 5.77. The van der Waals surface area contributed by atoms with E-state index in [1.807, 2.05) is 6.07 Å². The van der Waals surface area contributed by atoms with Crippen molar-refractivity contribution in [3.63, 3.8) is 0 Å². The molecule has 0 saturated carbocycles. The first-order valence-corrected chi connectivity index (χ1v) is 11.9. The van der Waals surface area contributed by atoms with Crippen LogP contribution in [0.15, 0.2) is 97.1 Å². The third kappa shape index (κ3) is 2.58. The van der Waals surface area contributed by atoms with Crippen LogP contribution >= 0.6 is 11.6 Å². The molecule has 0 N–H and O–H groups in total. The van der Waals surface area contributed by atoms with Gasteiger partial charge in [0.15, 0.2) is 11.5 Å². The Morgan fingerprint density at radius 3 is 2.32 bits per heavy atom. The van der Waals surface area contributed by atoms with Crippen molar-refractivity contribution in [2.75, 3.05) is 4.90 Å². The molecule has 2 nitrogen and oxygen atoms in total. The van der Waals surface area contributed by atoms with E-state index in [4.69, 9.17) is 16.3 Å². The van der Waals surface area contributed by atoms with Gasteiger partial charge in [-0.1, -0.05) is 104 Å². The van der Waals surface area contributed by atoms with Crippen molar-refractivity contribution in [3.8, 4) is 22.6 Å². The molecule has 0 radical (unpaired) electrons. The summed E-state index contributed by atoms with van der Waals surface area (Å²) in [5, 5.41) is 2.97. The minimum Gasteiger partial charge on any atom is -0.451 e. The van der Waals surface area contributed by atoms with Crippen molar-refractivity contribution in [1.82, 2.24) is 0 Å². The first-order chi connectivity index (χ1) is 16.5. The average Bonchev–Trinajstić information content (AvgIpc) is 2.87. The molecule has 0 spiro atoms. The molecule has 0 atom stereocenters. The monoisotopic (exact) mass is 459 g/mol. The molecule has 0 bridgehead atoms. The molecule has 34 heavy (non-hydrogen) atoms. The van der Waals surface area contributed by atoms with E-state index in [1.165, 1.54) is 33.3 Å². The van der Waals surface area contributed by atoms with Crippen LogP contribution in [0.2, 0.25) is 5.02 Å². The van der Waals surface area contributed by atoms with Gasteiger partial charge in [0, 0.05) is 10.8 Å². The number of fused-ring (bicyclic) bond motifs is 6. The van der Waals surface area contributed by atoms with E-state index in [9.17, 15) is 0 Å². The minimum atomic E-state index is -0.207. The maximum absolute atomic E-state index is 6.74. The first kappa shape index (κ1) is 19.7. The van der Waals surface area contributed by atoms with Crippen molar-refractivity contribution < 1.29 is 4.74 Å². The van der Waals surface area contributed by atoms with Crippen molar-refractivity contribution in [2.24, 2.45) is 0 Å². The highest BCUT2D eigenvalue weighted by Gasteiger charge is 2.42. The highest BCUT2D eigenvalue weighted by molar-refractivity contribution is 6.33. The molecule has 7 rings (SSSR count). The van der Waals surface area contributed by atoms with Gasteiger partial charge in [0.1, 0.15) is 0 Å². The fourth-order valence-electron chi connectivity index (χ4n) is 5.58. The Labute approximate surface area is 204 Å². The summed E-state index contributed by atoms with van der Waals surface area (Å²) in [4.78, 5) is 2.38. The number of rotatable bonds is 1. The van der Waals surface area contributed by atoms with Crippen LogP contribution in [-0.4, -0.2) is 0 Å². The van der Waals surface area contributed by atoms with Gasteiger partial charge >= 0.3 is 0 Å². The Hall–Kier alpha value is -3.75. The quantitative estimate of drug-likeness (QED) is 0.243. The molecule has 2 aliphatic heterocycles. The zero-order valence-electron chi connectivity index (χ0n) is 19.0. The summed E-state index contributed by atoms with van der Waals surface area (Å²) in [7, 11) is 0. The Balaban J connectivity index is 1.61. The van der Waals surface area contributed by atoms with E-state index in [1.54, 1.807) is 0 Å². The molecular formula is C31H22ClNO. The molecule has 0 aliphatic carbocycles. The molecule has 164 valence electrons. The molecule has 2 aliphatic rings. The van der Waals surface area contributed by atoms with Gasteiger partial charge in [-0.15, -0.1) is 0 Å². The summed E-state index contributed by atoms with van der Waals surface area (Å²) in [6.45, 7) is 4.57. The second-order valence-corrected chi connectivity index (χ2v) is 9.97. The number of hydrogen-bond donors (Lipinski definition) is 0. The molecule has 0 saturated heterocycles. The van der Waals surface area contributed by atoms with Gasteiger partial charge in [0.2, 0.25) is 0 Å². The second kappa shape index (κ2) is 6.88. The predicted octanol–water partition coefficient (Wildman–Crippen LogP) is 9.37. The smallest absolute Gasteiger partial charge is 0.170 e. The lowest BCUT2D eigenvalue weighted by molar-refractivity contribution is 0.472. The van der Waals surface area contributed by atoms with Gasteiger partial charge in [0.25, 0.3) is 0 Å². The van der Waals surface area contributed by atoms with Crippen LogP contribution in [0.1, 0.15) is 25.0 Å². The third-order valence-electron chi connectivity index (χ3n) is 7.30. The maximum Gasteiger partial charge on any atom is 0.170 e. The maximum atomic E-state index is 6.74. The highest BCUT2D eigenvalue weighted by atomic mass is 35.5. The molecule has 0 aromatic heterocycles. The van der Waals surface area contributed by atoms with Crippen LogP contribution in [0.5, 0.6) is 11.5 Å². The standard InChI is InChI=1S/C31H22ClNO/c1-31(2)23-14-12-21(19-8-4-3-5-9-19)18-26(23)33-28-22-11-7-6-10-20(22)13-17-27(28)34-30-25(32)16-15-24(31)29(30)33/h3-18H,1-2H3. The molecule has 5 aromatic rings. The average molecular weight is 460 g/mol. The third-order valence-corrected chi connectivity index (χ3v) is 7.60. The second-order valence-electron chi connectivity index (χ2n) is 9.57. The number of anilines is 3. The highest BCUT2D eigenvalue weighted by Crippen LogP contribution is 2.62. The van der Waals surface area contributed by atoms with E-state index in [0.29, 0.717) is 5.02 Å². The number of ether oxygens (including phenoxy) is 1. The van der Waals surface area contributed by atoms with E-state index >= 15 is 0 Å². The molecule has 0 unspecified atom stereocenters. The lowest BCUT2D eigenvalue weighted by Gasteiger charge is -2.45. The SMILES string of the molecule is CC1(C)c2ccc(-c3ccccc3)cc2N2c3c1ccc(Cl)c3Oc1ccc3ccccc3c12. The van der Waals surface area contributed by atoms with Crippen molar-refractivity contribution in [1.29, 1.82) is 0 Å². The van der Waals surface area contributed by atoms with Crippen LogP contribution in [0, 0.1) is 0 Å². The van der Waals surface area contributed by atoms with Gasteiger partial charge in [-0.25, -0.2) is 0 Å². The number of benzene rings is 5. The largest absolute Gasteiger partial charge is 0.451 e. The lowest BCUT2D eigenvalue weighted by Crippen LogP contribution is -2.32. The summed E-state index contributed by atoms with van der Waals surface area (Å²) in [5.41, 5.74) is 7.96. The molecule has 5 aromatic carbocycles. The van der Waals surface area contributed by atoms with Crippen molar-refractivity contribution in [2.45, 2.75) is 19.3 Å². The van der Waals surface area contributed by atoms with Crippen LogP contribution < -0.4 is 9.64 Å². The molecule has 3 heteroatoms. The molecule has 0 fully saturated rings. The van der Waals surface area contributed by atoms with E-state index < -0.39 is 0 Å². The number of nitrogens with zero attached hydrogens (tertiary/aromatic N) is 1. The Kier molecular flexibility index (Phi) is 3.99. The fraction of sp³-hybridized carbons (Fsp3) is 0.0968. The summed E-state index contributed by atoms with van der Waals surface area (Å²) in [6, 6.07) is 34.2. The van der Waals surface area contributed by atoms with Crippen LogP contribution in [-0.2, 0) is 5.41 Å². The summed E-state index contributed by atoms with van der Waals surface area (Å²) in [6.07, 6.45) is 0. The lowest BCUT2D eigenvalue weighted by atomic mass is 9.72. The van der Waals surface area contributed by atoms with Gasteiger partial charge in [-0.2, -0.15) is 0 Å². The van der Waals surface area contributed by atoms with Crippen LogP contribution in [0.4, 0.5) is 17.1 Å². The molecule has 0 amide bonds. The Morgan fingerprint density at radius 1 is 0.706 bits per heavy atom. The zero-order chi connectivity index (χ0) is 23.0. The van der Waals surface area contributed by atoms with E-state index in [-0.39, 0.29) is 5.41 Å². The molecular weight excluding hydrogens is 438 g/mol. The van der Waals surface area contributed by atoms with Crippen molar-refractivity contribution >= 4 is 39.4 Å². The Bertz CT molecular complexity index is 1620. The summed E-state index contributed by atoms with van der Waals surface area (Å²) >= 11 is 6.74. The van der Waals surface area contributed by atoms with Crippen molar-refractivity contribution in [3.05, 3.63) is 113 Å². The van der Waals surface area contributed by atoms with E-state index in [2.05, 4.69) is 110 Å². The zero-order valence-corrected chi connectivity index (χ0v) is 19.7. The number of halogens is 1. The predicted molar refractivity (Wildman–Crippen MR) is 141 cm³/mol. The van der Waals surface area contributed by atoms with Gasteiger partial charge in [0.05, 0.1) is 22.1 Å². The van der Waals surface area contributed by atoms with Crippen LogP contribution in [0.25, 0.3) is 21.9 Å². The normalized spacial score (nSPS) is 14.7. The van der Waals surface area contributed by atoms with Gasteiger partial charge in [-0.3, -0.25) is 0 Å². The van der Waals surface area contributed by atoms with E-state index in [0.717, 1.165) is 28.3 Å². The Morgan fingerprint density at radius 2 is 1.47 bits per heavy atom. The van der Waals surface area contributed by atoms with Crippen LogP contribution in [0.3, 0.4) is 0 Å². The molecule has 2 heterocycles.